The lowest BCUT2D eigenvalue weighted by atomic mass is 10.0. The van der Waals surface area contributed by atoms with E-state index in [2.05, 4.69) is 17.0 Å². The summed E-state index contributed by atoms with van der Waals surface area (Å²) in [5.41, 5.74) is 2.69. The molecule has 0 N–H and O–H groups in total. The van der Waals surface area contributed by atoms with Crippen molar-refractivity contribution < 1.29 is 13.6 Å². The summed E-state index contributed by atoms with van der Waals surface area (Å²) in [5.74, 6) is 0.881. The maximum absolute atomic E-state index is 12.7. The molecule has 2 heterocycles. The van der Waals surface area contributed by atoms with E-state index in [-0.39, 0.29) is 0 Å². The Balaban J connectivity index is 2.10. The standard InChI is InChI=1S/C16H21N2O3P/c1-20-22(19,21-2)15-10-9-13-7-3-4-8-14(13)16(17-15)18-11-5-6-12-18/h3-4,7-8,10H,5-6,9,11-12H2,1-2H3. The molecule has 0 radical (unpaired) electrons. The molecule has 0 aliphatic carbocycles. The number of rotatable bonds is 3. The third kappa shape index (κ3) is 2.76. The lowest BCUT2D eigenvalue weighted by Crippen LogP contribution is -2.29. The van der Waals surface area contributed by atoms with E-state index in [0.717, 1.165) is 37.3 Å². The maximum atomic E-state index is 12.7. The first-order valence-corrected chi connectivity index (χ1v) is 9.06. The number of hydrogen-bond donors (Lipinski definition) is 0. The molecule has 2 aliphatic rings. The maximum Gasteiger partial charge on any atom is 0.378 e. The number of fused-ring (bicyclic) bond motifs is 1. The van der Waals surface area contributed by atoms with Gasteiger partial charge in [-0.15, -0.1) is 0 Å². The van der Waals surface area contributed by atoms with Crippen molar-refractivity contribution in [2.45, 2.75) is 19.3 Å². The minimum absolute atomic E-state index is 0.399. The van der Waals surface area contributed by atoms with Crippen LogP contribution in [0.15, 0.2) is 40.8 Å². The van der Waals surface area contributed by atoms with Gasteiger partial charge < -0.3 is 13.9 Å². The normalized spacial score (nSPS) is 18.5. The lowest BCUT2D eigenvalue weighted by molar-refractivity contribution is 0.282. The van der Waals surface area contributed by atoms with Crippen molar-refractivity contribution in [3.05, 3.63) is 46.9 Å². The van der Waals surface area contributed by atoms with Gasteiger partial charge >= 0.3 is 7.60 Å². The van der Waals surface area contributed by atoms with E-state index < -0.39 is 7.60 Å². The summed E-state index contributed by atoms with van der Waals surface area (Å²) in [6.07, 6.45) is 4.84. The van der Waals surface area contributed by atoms with Crippen LogP contribution in [-0.2, 0) is 20.0 Å². The minimum Gasteiger partial charge on any atom is -0.356 e. The van der Waals surface area contributed by atoms with Crippen LogP contribution in [0.2, 0.25) is 0 Å². The molecule has 1 fully saturated rings. The van der Waals surface area contributed by atoms with Crippen molar-refractivity contribution in [3.63, 3.8) is 0 Å². The molecule has 0 amide bonds. The summed E-state index contributed by atoms with van der Waals surface area (Å²) >= 11 is 0. The summed E-state index contributed by atoms with van der Waals surface area (Å²) in [5, 5.41) is 0. The average Bonchev–Trinajstić information content (AvgIpc) is 3.02. The molecule has 1 aromatic rings. The van der Waals surface area contributed by atoms with E-state index in [0.29, 0.717) is 11.9 Å². The molecule has 22 heavy (non-hydrogen) atoms. The zero-order valence-corrected chi connectivity index (χ0v) is 13.9. The van der Waals surface area contributed by atoms with Gasteiger partial charge in [-0.05, 0) is 30.9 Å². The first-order valence-electron chi connectivity index (χ1n) is 7.52. The molecule has 6 heteroatoms. The summed E-state index contributed by atoms with van der Waals surface area (Å²) in [7, 11) is -0.549. The SMILES string of the molecule is COP(=O)(OC)C1=CCc2ccccc2C(N2CCCC2)=N1. The first kappa shape index (κ1) is 15.5. The predicted molar refractivity (Wildman–Crippen MR) is 87.2 cm³/mol. The van der Waals surface area contributed by atoms with E-state index in [9.17, 15) is 4.57 Å². The van der Waals surface area contributed by atoms with Crippen LogP contribution in [0.5, 0.6) is 0 Å². The molecule has 0 unspecified atom stereocenters. The molecular weight excluding hydrogens is 299 g/mol. The van der Waals surface area contributed by atoms with E-state index in [1.165, 1.54) is 19.8 Å². The Kier molecular flexibility index (Phi) is 4.48. The topological polar surface area (TPSA) is 51.1 Å². The number of likely N-dealkylation sites (tertiary alicyclic amines) is 1. The predicted octanol–water partition coefficient (Wildman–Crippen LogP) is 3.41. The number of nitrogens with zero attached hydrogens (tertiary/aromatic N) is 2. The highest BCUT2D eigenvalue weighted by Gasteiger charge is 2.31. The number of allylic oxidation sites excluding steroid dienone is 1. The van der Waals surface area contributed by atoms with E-state index in [1.807, 2.05) is 18.2 Å². The second-order valence-electron chi connectivity index (χ2n) is 5.42. The van der Waals surface area contributed by atoms with Crippen molar-refractivity contribution in [1.29, 1.82) is 0 Å². The highest BCUT2D eigenvalue weighted by molar-refractivity contribution is 7.58. The number of amidine groups is 1. The fourth-order valence-electron chi connectivity index (χ4n) is 2.94. The van der Waals surface area contributed by atoms with Gasteiger partial charge in [0.05, 0.1) is 0 Å². The molecule has 1 aromatic carbocycles. The third-order valence-corrected chi connectivity index (χ3v) is 5.96. The van der Waals surface area contributed by atoms with Gasteiger partial charge in [-0.3, -0.25) is 4.57 Å². The smallest absolute Gasteiger partial charge is 0.356 e. The van der Waals surface area contributed by atoms with Crippen LogP contribution in [0.3, 0.4) is 0 Å². The van der Waals surface area contributed by atoms with Gasteiger partial charge in [0.25, 0.3) is 0 Å². The molecule has 118 valence electrons. The van der Waals surface area contributed by atoms with Crippen molar-refractivity contribution in [2.75, 3.05) is 27.3 Å². The van der Waals surface area contributed by atoms with Crippen LogP contribution in [0.1, 0.15) is 24.0 Å². The third-order valence-electron chi connectivity index (χ3n) is 4.15. The number of hydrogen-bond acceptors (Lipinski definition) is 5. The van der Waals surface area contributed by atoms with Gasteiger partial charge in [-0.1, -0.05) is 24.3 Å². The lowest BCUT2D eigenvalue weighted by Gasteiger charge is -2.22. The van der Waals surface area contributed by atoms with Gasteiger partial charge in [0.15, 0.2) is 5.44 Å². The number of aliphatic imine (C=N–C) groups is 1. The molecule has 1 saturated heterocycles. The van der Waals surface area contributed by atoms with Crippen LogP contribution in [-0.4, -0.2) is 38.0 Å². The second kappa shape index (κ2) is 6.37. The Bertz CT molecular complexity index is 655. The van der Waals surface area contributed by atoms with Gasteiger partial charge in [-0.2, -0.15) is 0 Å². The molecule has 0 bridgehead atoms. The zero-order valence-electron chi connectivity index (χ0n) is 13.0. The van der Waals surface area contributed by atoms with Crippen molar-refractivity contribution >= 4 is 13.4 Å². The number of benzene rings is 1. The highest BCUT2D eigenvalue weighted by atomic mass is 31.2. The summed E-state index contributed by atoms with van der Waals surface area (Å²) in [6.45, 7) is 1.95. The van der Waals surface area contributed by atoms with E-state index in [4.69, 9.17) is 14.0 Å². The van der Waals surface area contributed by atoms with Crippen LogP contribution >= 0.6 is 7.60 Å². The molecular formula is C16H21N2O3P. The second-order valence-corrected chi connectivity index (χ2v) is 7.60. The summed E-state index contributed by atoms with van der Waals surface area (Å²) in [6, 6.07) is 8.20. The van der Waals surface area contributed by atoms with E-state index >= 15 is 0 Å². The Hall–Kier alpha value is -1.42. The van der Waals surface area contributed by atoms with Gasteiger partial charge in [-0.25, -0.2) is 4.99 Å². The Labute approximate surface area is 131 Å². The van der Waals surface area contributed by atoms with Crippen LogP contribution in [0.25, 0.3) is 0 Å². The Morgan fingerprint density at radius 3 is 2.50 bits per heavy atom. The van der Waals surface area contributed by atoms with Crippen molar-refractivity contribution in [1.82, 2.24) is 4.90 Å². The molecule has 3 rings (SSSR count). The molecule has 2 aliphatic heterocycles. The van der Waals surface area contributed by atoms with Crippen LogP contribution < -0.4 is 0 Å². The minimum atomic E-state index is -3.34. The van der Waals surface area contributed by atoms with Gasteiger partial charge in [0.2, 0.25) is 0 Å². The fraction of sp³-hybridized carbons (Fsp3) is 0.438. The van der Waals surface area contributed by atoms with Crippen molar-refractivity contribution in [3.8, 4) is 0 Å². The average molecular weight is 320 g/mol. The Morgan fingerprint density at radius 2 is 1.82 bits per heavy atom. The monoisotopic (exact) mass is 320 g/mol. The highest BCUT2D eigenvalue weighted by Crippen LogP contribution is 2.56. The summed E-state index contributed by atoms with van der Waals surface area (Å²) in [4.78, 5) is 6.96. The van der Waals surface area contributed by atoms with Crippen LogP contribution in [0, 0.1) is 0 Å². The largest absolute Gasteiger partial charge is 0.378 e. The molecule has 0 spiro atoms. The molecule has 0 saturated carbocycles. The van der Waals surface area contributed by atoms with Gasteiger partial charge in [0, 0.05) is 32.9 Å². The Morgan fingerprint density at radius 1 is 1.14 bits per heavy atom. The zero-order chi connectivity index (χ0) is 15.6. The summed E-state index contributed by atoms with van der Waals surface area (Å²) < 4.78 is 23.0. The van der Waals surface area contributed by atoms with Crippen molar-refractivity contribution in [2.24, 2.45) is 4.99 Å². The molecule has 0 atom stereocenters. The van der Waals surface area contributed by atoms with Crippen LogP contribution in [0.4, 0.5) is 0 Å². The molecule has 0 aromatic heterocycles. The van der Waals surface area contributed by atoms with E-state index in [1.54, 1.807) is 0 Å². The molecule has 5 nitrogen and oxygen atoms in total. The quantitative estimate of drug-likeness (QED) is 0.801. The fourth-order valence-corrected chi connectivity index (χ4v) is 3.99. The first-order chi connectivity index (χ1) is 10.7. The van der Waals surface area contributed by atoms with Gasteiger partial charge in [0.1, 0.15) is 5.84 Å².